The van der Waals surface area contributed by atoms with E-state index in [1.165, 1.54) is 21.0 Å². The van der Waals surface area contributed by atoms with E-state index in [1.54, 1.807) is 9.80 Å². The number of ether oxygens (including phenoxy) is 1. The van der Waals surface area contributed by atoms with Crippen LogP contribution in [0.2, 0.25) is 0 Å². The maximum Gasteiger partial charge on any atom is 0.328 e. The van der Waals surface area contributed by atoms with Gasteiger partial charge in [-0.2, -0.15) is 0 Å². The second-order valence-electron chi connectivity index (χ2n) is 7.10. The average Bonchev–Trinajstić information content (AvgIpc) is 2.66. The summed E-state index contributed by atoms with van der Waals surface area (Å²) in [5, 5.41) is 2.60. The number of rotatable bonds is 4. The normalized spacial score (nSPS) is 22.5. The van der Waals surface area contributed by atoms with Crippen LogP contribution in [-0.4, -0.2) is 72.3 Å². The van der Waals surface area contributed by atoms with Crippen molar-refractivity contribution < 1.29 is 23.9 Å². The lowest BCUT2D eigenvalue weighted by Gasteiger charge is -2.42. The third-order valence-corrected chi connectivity index (χ3v) is 5.28. The first-order chi connectivity index (χ1) is 12.3. The number of nitrogens with zero attached hydrogens (tertiary/aromatic N) is 2. The summed E-state index contributed by atoms with van der Waals surface area (Å²) in [5.74, 6) is -1.19. The molecule has 3 amide bonds. The Balaban J connectivity index is 2.13. The summed E-state index contributed by atoms with van der Waals surface area (Å²) in [7, 11) is 1.25. The molecule has 0 bridgehead atoms. The molecule has 0 spiro atoms. The quantitative estimate of drug-likeness (QED) is 0.721. The second kappa shape index (κ2) is 9.00. The first-order valence-corrected chi connectivity index (χ1v) is 9.29. The highest BCUT2D eigenvalue weighted by atomic mass is 16.5. The molecule has 2 rings (SSSR count). The Morgan fingerprint density at radius 3 is 2.31 bits per heavy atom. The van der Waals surface area contributed by atoms with E-state index in [0.717, 1.165) is 32.1 Å². The topological polar surface area (TPSA) is 96.0 Å². The fraction of sp³-hybridized carbons (Fsp3) is 0.778. The maximum absolute atomic E-state index is 13.0. The third kappa shape index (κ3) is 4.74. The first-order valence-electron chi connectivity index (χ1n) is 9.29. The van der Waals surface area contributed by atoms with Gasteiger partial charge in [-0.25, -0.2) is 4.79 Å². The Kier molecular flexibility index (Phi) is 6.99. The van der Waals surface area contributed by atoms with Gasteiger partial charge in [-0.3, -0.25) is 14.4 Å². The zero-order chi connectivity index (χ0) is 19.3. The zero-order valence-corrected chi connectivity index (χ0v) is 15.8. The van der Waals surface area contributed by atoms with E-state index in [2.05, 4.69) is 10.1 Å². The van der Waals surface area contributed by atoms with Crippen molar-refractivity contribution >= 4 is 23.7 Å². The fourth-order valence-corrected chi connectivity index (χ4v) is 3.69. The standard InChI is InChI=1S/C18H29N3O5/c1-12(18(25)26-3)19-16(23)15-11-20(13(2)22)9-10-21(15)17(24)14-7-5-4-6-8-14/h12,14-15H,4-11H2,1-3H3,(H,19,23). The molecule has 1 aliphatic carbocycles. The Labute approximate surface area is 154 Å². The number of esters is 1. The Bertz CT molecular complexity index is 559. The van der Waals surface area contributed by atoms with Gasteiger partial charge in [0, 0.05) is 25.9 Å². The van der Waals surface area contributed by atoms with Crippen molar-refractivity contribution in [1.29, 1.82) is 0 Å². The van der Waals surface area contributed by atoms with Gasteiger partial charge in [0.15, 0.2) is 0 Å². The lowest BCUT2D eigenvalue weighted by molar-refractivity contribution is -0.152. The lowest BCUT2D eigenvalue weighted by atomic mass is 9.87. The molecule has 0 aromatic heterocycles. The molecule has 1 heterocycles. The third-order valence-electron chi connectivity index (χ3n) is 5.28. The van der Waals surface area contributed by atoms with Gasteiger partial charge in [-0.15, -0.1) is 0 Å². The fourth-order valence-electron chi connectivity index (χ4n) is 3.69. The van der Waals surface area contributed by atoms with E-state index in [0.29, 0.717) is 13.1 Å². The minimum Gasteiger partial charge on any atom is -0.467 e. The molecule has 1 saturated carbocycles. The molecule has 1 saturated heterocycles. The largest absolute Gasteiger partial charge is 0.467 e. The first kappa shape index (κ1) is 20.2. The molecule has 1 aliphatic heterocycles. The van der Waals surface area contributed by atoms with Crippen molar-refractivity contribution in [1.82, 2.24) is 15.1 Å². The van der Waals surface area contributed by atoms with Gasteiger partial charge in [-0.1, -0.05) is 19.3 Å². The van der Waals surface area contributed by atoms with Gasteiger partial charge in [0.1, 0.15) is 12.1 Å². The summed E-state index contributed by atoms with van der Waals surface area (Å²) in [6, 6.07) is -1.60. The molecular weight excluding hydrogens is 338 g/mol. The van der Waals surface area contributed by atoms with Crippen LogP contribution in [0.25, 0.3) is 0 Å². The van der Waals surface area contributed by atoms with Crippen molar-refractivity contribution in [3.63, 3.8) is 0 Å². The van der Waals surface area contributed by atoms with Crippen molar-refractivity contribution in [2.75, 3.05) is 26.7 Å². The summed E-state index contributed by atoms with van der Waals surface area (Å²) in [5.41, 5.74) is 0. The molecule has 8 nitrogen and oxygen atoms in total. The number of piperazine rings is 1. The van der Waals surface area contributed by atoms with Crippen LogP contribution in [0.1, 0.15) is 46.0 Å². The van der Waals surface area contributed by atoms with Crippen LogP contribution in [0.15, 0.2) is 0 Å². The Morgan fingerprint density at radius 2 is 1.73 bits per heavy atom. The summed E-state index contributed by atoms with van der Waals surface area (Å²) in [4.78, 5) is 52.2. The van der Waals surface area contributed by atoms with Crippen LogP contribution in [0.5, 0.6) is 0 Å². The van der Waals surface area contributed by atoms with Gasteiger partial charge in [-0.05, 0) is 19.8 Å². The highest BCUT2D eigenvalue weighted by molar-refractivity contribution is 5.92. The highest BCUT2D eigenvalue weighted by Gasteiger charge is 2.39. The molecule has 0 aromatic carbocycles. The van der Waals surface area contributed by atoms with Crippen molar-refractivity contribution in [3.8, 4) is 0 Å². The average molecular weight is 367 g/mol. The molecule has 26 heavy (non-hydrogen) atoms. The van der Waals surface area contributed by atoms with Gasteiger partial charge < -0.3 is 19.9 Å². The number of amides is 3. The minimum atomic E-state index is -0.813. The number of carbonyl (C=O) groups is 4. The van der Waals surface area contributed by atoms with Gasteiger partial charge in [0.2, 0.25) is 17.7 Å². The molecule has 8 heteroatoms. The van der Waals surface area contributed by atoms with Crippen LogP contribution in [0.3, 0.4) is 0 Å². The van der Waals surface area contributed by atoms with Crippen LogP contribution in [0, 0.1) is 5.92 Å². The SMILES string of the molecule is COC(=O)C(C)NC(=O)C1CN(C(C)=O)CCN1C(=O)C1CCCCC1. The van der Waals surface area contributed by atoms with Crippen LogP contribution < -0.4 is 5.32 Å². The molecule has 2 atom stereocenters. The maximum atomic E-state index is 13.0. The molecular formula is C18H29N3O5. The minimum absolute atomic E-state index is 0.0150. The Hall–Kier alpha value is -2.12. The Morgan fingerprint density at radius 1 is 1.08 bits per heavy atom. The van der Waals surface area contributed by atoms with E-state index >= 15 is 0 Å². The molecule has 0 aromatic rings. The smallest absolute Gasteiger partial charge is 0.328 e. The molecule has 2 fully saturated rings. The number of methoxy groups -OCH3 is 1. The van der Waals surface area contributed by atoms with Crippen LogP contribution >= 0.6 is 0 Å². The zero-order valence-electron chi connectivity index (χ0n) is 15.8. The molecule has 0 radical (unpaired) electrons. The van der Waals surface area contributed by atoms with E-state index < -0.39 is 24.0 Å². The van der Waals surface area contributed by atoms with E-state index in [9.17, 15) is 19.2 Å². The number of hydrogen-bond donors (Lipinski definition) is 1. The predicted molar refractivity (Wildman–Crippen MR) is 94.0 cm³/mol. The molecule has 1 N–H and O–H groups in total. The monoisotopic (exact) mass is 367 g/mol. The summed E-state index contributed by atoms with van der Waals surface area (Å²) in [6.07, 6.45) is 4.89. The molecule has 146 valence electrons. The van der Waals surface area contributed by atoms with E-state index in [1.807, 2.05) is 0 Å². The molecule has 2 aliphatic rings. The van der Waals surface area contributed by atoms with Gasteiger partial charge in [0.25, 0.3) is 0 Å². The number of nitrogens with one attached hydrogen (secondary N) is 1. The van der Waals surface area contributed by atoms with Gasteiger partial charge >= 0.3 is 5.97 Å². The van der Waals surface area contributed by atoms with Crippen LogP contribution in [0.4, 0.5) is 0 Å². The summed E-state index contributed by atoms with van der Waals surface area (Å²) < 4.78 is 4.63. The summed E-state index contributed by atoms with van der Waals surface area (Å²) >= 11 is 0. The summed E-state index contributed by atoms with van der Waals surface area (Å²) in [6.45, 7) is 3.88. The second-order valence-corrected chi connectivity index (χ2v) is 7.10. The number of hydrogen-bond acceptors (Lipinski definition) is 5. The van der Waals surface area contributed by atoms with E-state index in [4.69, 9.17) is 0 Å². The van der Waals surface area contributed by atoms with Crippen molar-refractivity contribution in [2.45, 2.75) is 58.0 Å². The van der Waals surface area contributed by atoms with Gasteiger partial charge in [0.05, 0.1) is 13.7 Å². The molecule has 2 unspecified atom stereocenters. The van der Waals surface area contributed by atoms with E-state index in [-0.39, 0.29) is 24.3 Å². The highest BCUT2D eigenvalue weighted by Crippen LogP contribution is 2.27. The van der Waals surface area contributed by atoms with Crippen molar-refractivity contribution in [3.05, 3.63) is 0 Å². The lowest BCUT2D eigenvalue weighted by Crippen LogP contribution is -2.63. The predicted octanol–water partition coefficient (Wildman–Crippen LogP) is 0.304. The van der Waals surface area contributed by atoms with Crippen molar-refractivity contribution in [2.24, 2.45) is 5.92 Å². The van der Waals surface area contributed by atoms with Crippen LogP contribution in [-0.2, 0) is 23.9 Å². The number of carbonyl (C=O) groups excluding carboxylic acids is 4.